The zero-order chi connectivity index (χ0) is 21.1. The first-order valence-electron chi connectivity index (χ1n) is 9.23. The van der Waals surface area contributed by atoms with Gasteiger partial charge in [0.05, 0.1) is 17.8 Å². The topological polar surface area (TPSA) is 100 Å². The van der Waals surface area contributed by atoms with Gasteiger partial charge in [-0.3, -0.25) is 9.59 Å². The zero-order valence-electron chi connectivity index (χ0n) is 16.2. The summed E-state index contributed by atoms with van der Waals surface area (Å²) in [4.78, 5) is 23.7. The number of aromatic hydroxyl groups is 1. The van der Waals surface area contributed by atoms with Gasteiger partial charge in [-0.15, -0.1) is 0 Å². The second-order valence-electron chi connectivity index (χ2n) is 6.28. The third-order valence-corrected chi connectivity index (χ3v) is 4.68. The van der Waals surface area contributed by atoms with Gasteiger partial charge in [-0.05, 0) is 58.6 Å². The van der Waals surface area contributed by atoms with Crippen molar-refractivity contribution in [3.05, 3.63) is 58.1 Å². The summed E-state index contributed by atoms with van der Waals surface area (Å²) in [5, 5.41) is 16.6. The van der Waals surface area contributed by atoms with Crippen LogP contribution in [0.25, 0.3) is 0 Å². The Balaban J connectivity index is 1.62. The molecular weight excluding hydrogens is 438 g/mol. The lowest BCUT2D eigenvalue weighted by atomic mass is 10.2. The molecular formula is C21H24BrN3O4. The number of methoxy groups -OCH3 is 1. The molecule has 0 saturated carbocycles. The molecule has 0 aliphatic rings. The molecule has 8 heteroatoms. The molecule has 0 saturated heterocycles. The number of ether oxygens (including phenoxy) is 1. The van der Waals surface area contributed by atoms with Gasteiger partial charge in [0.2, 0.25) is 5.91 Å². The molecule has 0 heterocycles. The average molecular weight is 462 g/mol. The molecule has 2 aromatic rings. The van der Waals surface area contributed by atoms with Crippen molar-refractivity contribution in [1.82, 2.24) is 10.7 Å². The number of hydrazone groups is 1. The number of rotatable bonds is 10. The number of carbonyl (C=O) groups excluding carboxylic acids is 2. The first-order valence-corrected chi connectivity index (χ1v) is 10.0. The van der Waals surface area contributed by atoms with Crippen molar-refractivity contribution in [3.63, 3.8) is 0 Å². The molecule has 0 aromatic heterocycles. The third-order valence-electron chi connectivity index (χ3n) is 4.08. The Morgan fingerprint density at radius 2 is 1.93 bits per heavy atom. The van der Waals surface area contributed by atoms with E-state index in [4.69, 9.17) is 4.74 Å². The molecule has 0 radical (unpaired) electrons. The minimum absolute atomic E-state index is 0.00800. The van der Waals surface area contributed by atoms with Crippen LogP contribution in [0.5, 0.6) is 11.5 Å². The Bertz CT molecular complexity index is 857. The Labute approximate surface area is 178 Å². The number of nitrogens with zero attached hydrogens (tertiary/aromatic N) is 1. The van der Waals surface area contributed by atoms with E-state index in [2.05, 4.69) is 31.8 Å². The highest BCUT2D eigenvalue weighted by atomic mass is 79.9. The van der Waals surface area contributed by atoms with Crippen LogP contribution in [0.1, 0.15) is 41.6 Å². The molecule has 154 valence electrons. The molecule has 2 amide bonds. The van der Waals surface area contributed by atoms with Crippen LogP contribution in [0, 0.1) is 0 Å². The van der Waals surface area contributed by atoms with Crippen LogP contribution in [0.15, 0.2) is 52.0 Å². The molecule has 0 aliphatic carbocycles. The molecule has 3 N–H and O–H groups in total. The van der Waals surface area contributed by atoms with Crippen LogP contribution in [0.3, 0.4) is 0 Å². The lowest BCUT2D eigenvalue weighted by Gasteiger charge is -2.06. The first-order chi connectivity index (χ1) is 14.0. The number of benzene rings is 2. The normalized spacial score (nSPS) is 10.7. The van der Waals surface area contributed by atoms with Crippen molar-refractivity contribution in [2.24, 2.45) is 5.10 Å². The van der Waals surface area contributed by atoms with Crippen molar-refractivity contribution in [2.45, 2.75) is 25.7 Å². The summed E-state index contributed by atoms with van der Waals surface area (Å²) in [5.74, 6) is 0.0507. The van der Waals surface area contributed by atoms with Crippen LogP contribution in [0.4, 0.5) is 0 Å². The minimum atomic E-state index is -0.181. The molecule has 7 nitrogen and oxygen atoms in total. The van der Waals surface area contributed by atoms with Crippen LogP contribution in [0.2, 0.25) is 0 Å². The first kappa shape index (κ1) is 22.4. The average Bonchev–Trinajstić information content (AvgIpc) is 2.73. The summed E-state index contributed by atoms with van der Waals surface area (Å²) in [5.41, 5.74) is 3.78. The van der Waals surface area contributed by atoms with E-state index in [9.17, 15) is 14.7 Å². The molecule has 0 aliphatic heterocycles. The van der Waals surface area contributed by atoms with Gasteiger partial charge in [-0.2, -0.15) is 5.10 Å². The number of nitrogens with one attached hydrogen (secondary N) is 2. The number of carbonyl (C=O) groups is 2. The summed E-state index contributed by atoms with van der Waals surface area (Å²) < 4.78 is 5.54. The lowest BCUT2D eigenvalue weighted by Crippen LogP contribution is -2.24. The fourth-order valence-corrected chi connectivity index (χ4v) is 3.00. The van der Waals surface area contributed by atoms with E-state index in [-0.39, 0.29) is 17.6 Å². The molecule has 2 aromatic carbocycles. The third kappa shape index (κ3) is 7.57. The molecule has 0 unspecified atom stereocenters. The maximum atomic E-state index is 11.9. The fraction of sp³-hybridized carbons (Fsp3) is 0.286. The van der Waals surface area contributed by atoms with E-state index in [1.807, 2.05) is 18.2 Å². The molecule has 0 spiro atoms. The van der Waals surface area contributed by atoms with E-state index in [0.717, 1.165) is 12.8 Å². The Hall–Kier alpha value is -2.87. The quantitative estimate of drug-likeness (QED) is 0.285. The summed E-state index contributed by atoms with van der Waals surface area (Å²) in [6.45, 7) is 0.574. The van der Waals surface area contributed by atoms with E-state index >= 15 is 0 Å². The van der Waals surface area contributed by atoms with Gasteiger partial charge in [-0.1, -0.05) is 24.6 Å². The van der Waals surface area contributed by atoms with Gasteiger partial charge in [0.15, 0.2) is 11.5 Å². The predicted octanol–water partition coefficient (Wildman–Crippen LogP) is 3.60. The number of hydrogen-bond acceptors (Lipinski definition) is 5. The highest BCUT2D eigenvalue weighted by Gasteiger charge is 2.07. The summed E-state index contributed by atoms with van der Waals surface area (Å²) in [6.07, 6.45) is 4.17. The van der Waals surface area contributed by atoms with E-state index in [0.29, 0.717) is 40.7 Å². The van der Waals surface area contributed by atoms with Crippen molar-refractivity contribution < 1.29 is 19.4 Å². The molecule has 0 bridgehead atoms. The second-order valence-corrected chi connectivity index (χ2v) is 7.13. The van der Waals surface area contributed by atoms with Gasteiger partial charge in [0, 0.05) is 18.5 Å². The standard InChI is InChI=1S/C21H24BrN3O4/c1-29-18-13-15(12-17(22)20(18)27)14-24-25-19(26)10-6-3-7-11-23-21(28)16-8-4-2-5-9-16/h2,4-5,8-9,12-14,27H,3,6-7,10-11H2,1H3,(H,23,28)(H,25,26)/b24-14+. The monoisotopic (exact) mass is 461 g/mol. The maximum absolute atomic E-state index is 11.9. The van der Waals surface area contributed by atoms with Crippen LogP contribution in [-0.4, -0.2) is 36.8 Å². The van der Waals surface area contributed by atoms with Crippen molar-refractivity contribution >= 4 is 34.0 Å². The Kier molecular flexibility index (Phi) is 9.17. The van der Waals surface area contributed by atoms with Gasteiger partial charge in [-0.25, -0.2) is 5.43 Å². The number of hydrogen-bond donors (Lipinski definition) is 3. The van der Waals surface area contributed by atoms with Crippen molar-refractivity contribution in [1.29, 1.82) is 0 Å². The minimum Gasteiger partial charge on any atom is -0.503 e. The van der Waals surface area contributed by atoms with Crippen LogP contribution in [-0.2, 0) is 4.79 Å². The van der Waals surface area contributed by atoms with Gasteiger partial charge < -0.3 is 15.2 Å². The summed E-state index contributed by atoms with van der Waals surface area (Å²) in [7, 11) is 1.46. The highest BCUT2D eigenvalue weighted by molar-refractivity contribution is 9.10. The van der Waals surface area contributed by atoms with E-state index in [1.165, 1.54) is 13.3 Å². The number of phenolic OH excluding ortho intramolecular Hbond substituents is 1. The largest absolute Gasteiger partial charge is 0.503 e. The van der Waals surface area contributed by atoms with Crippen LogP contribution < -0.4 is 15.5 Å². The summed E-state index contributed by atoms with van der Waals surface area (Å²) >= 11 is 3.23. The van der Waals surface area contributed by atoms with Gasteiger partial charge in [0.25, 0.3) is 5.91 Å². The molecule has 0 fully saturated rings. The Morgan fingerprint density at radius 3 is 2.66 bits per heavy atom. The fourth-order valence-electron chi connectivity index (χ4n) is 2.54. The van der Waals surface area contributed by atoms with Crippen LogP contribution >= 0.6 is 15.9 Å². The molecule has 0 atom stereocenters. The number of amides is 2. The number of halogens is 1. The van der Waals surface area contributed by atoms with Gasteiger partial charge in [0.1, 0.15) is 0 Å². The second kappa shape index (κ2) is 11.9. The van der Waals surface area contributed by atoms with E-state index < -0.39 is 0 Å². The van der Waals surface area contributed by atoms with E-state index in [1.54, 1.807) is 24.3 Å². The Morgan fingerprint density at radius 1 is 1.17 bits per heavy atom. The lowest BCUT2D eigenvalue weighted by molar-refractivity contribution is -0.121. The van der Waals surface area contributed by atoms with Gasteiger partial charge >= 0.3 is 0 Å². The smallest absolute Gasteiger partial charge is 0.251 e. The van der Waals surface area contributed by atoms with Crippen molar-refractivity contribution in [3.8, 4) is 11.5 Å². The summed E-state index contributed by atoms with van der Waals surface area (Å²) in [6, 6.07) is 12.3. The SMILES string of the molecule is COc1cc(/C=N/NC(=O)CCCCCNC(=O)c2ccccc2)cc(Br)c1O. The molecule has 29 heavy (non-hydrogen) atoms. The molecule has 2 rings (SSSR count). The number of phenols is 1. The van der Waals surface area contributed by atoms with Crippen molar-refractivity contribution in [2.75, 3.05) is 13.7 Å². The predicted molar refractivity (Wildman–Crippen MR) is 115 cm³/mol. The zero-order valence-corrected chi connectivity index (χ0v) is 17.7. The highest BCUT2D eigenvalue weighted by Crippen LogP contribution is 2.34. The number of unbranched alkanes of at least 4 members (excludes halogenated alkanes) is 2. The maximum Gasteiger partial charge on any atom is 0.251 e.